The van der Waals surface area contributed by atoms with Gasteiger partial charge in [0.05, 0.1) is 10.6 Å². The second-order valence-electron chi connectivity index (χ2n) is 6.62. The molecule has 0 unspecified atom stereocenters. The van der Waals surface area contributed by atoms with Gasteiger partial charge in [-0.1, -0.05) is 30.6 Å². The third kappa shape index (κ3) is 4.11. The average molecular weight is 439 g/mol. The van der Waals surface area contributed by atoms with Crippen molar-refractivity contribution in [2.75, 3.05) is 31.1 Å². The molecule has 3 rings (SSSR count). The van der Waals surface area contributed by atoms with Crippen LogP contribution in [0.5, 0.6) is 0 Å². The Morgan fingerprint density at radius 1 is 1.18 bits per heavy atom. The smallest absolute Gasteiger partial charge is 0.322 e. The molecule has 1 aromatic heterocycles. The maximum Gasteiger partial charge on any atom is 0.416 e. The molecule has 0 bridgehead atoms. The molecule has 2 aromatic rings. The molecule has 0 saturated carbocycles. The van der Waals surface area contributed by atoms with Crippen LogP contribution in [0.25, 0.3) is 0 Å². The highest BCUT2D eigenvalue weighted by molar-refractivity contribution is 7.89. The van der Waals surface area contributed by atoms with Crippen LogP contribution in [0.3, 0.4) is 0 Å². The summed E-state index contributed by atoms with van der Waals surface area (Å²) in [6.07, 6.45) is -4.67. The number of benzene rings is 1. The number of hydrogen-bond donors (Lipinski definition) is 0. The predicted octanol–water partition coefficient (Wildman–Crippen LogP) is 3.38. The molecule has 0 aliphatic carbocycles. The van der Waals surface area contributed by atoms with E-state index in [1.807, 2.05) is 13.8 Å². The van der Waals surface area contributed by atoms with E-state index in [1.54, 1.807) is 4.90 Å². The van der Waals surface area contributed by atoms with E-state index < -0.39 is 26.7 Å². The molecule has 1 fully saturated rings. The van der Waals surface area contributed by atoms with E-state index >= 15 is 0 Å². The first kappa shape index (κ1) is 20.9. The zero-order valence-corrected chi connectivity index (χ0v) is 16.6. The topological polar surface area (TPSA) is 79.5 Å². The maximum absolute atomic E-state index is 12.9. The van der Waals surface area contributed by atoms with E-state index in [0.29, 0.717) is 11.9 Å². The van der Waals surface area contributed by atoms with Gasteiger partial charge in [-0.05, 0) is 18.2 Å². The number of hydrogen-bond acceptors (Lipinski definition) is 6. The van der Waals surface area contributed by atoms with E-state index in [9.17, 15) is 21.6 Å². The van der Waals surface area contributed by atoms with Crippen molar-refractivity contribution in [2.45, 2.75) is 30.8 Å². The number of halogens is 4. The summed E-state index contributed by atoms with van der Waals surface area (Å²) < 4.78 is 70.8. The average Bonchev–Trinajstić information content (AvgIpc) is 3.11. The van der Waals surface area contributed by atoms with Gasteiger partial charge < -0.3 is 9.42 Å². The predicted molar refractivity (Wildman–Crippen MR) is 95.8 cm³/mol. The van der Waals surface area contributed by atoms with Crippen molar-refractivity contribution < 1.29 is 26.1 Å². The Bertz CT molecular complexity index is 954. The summed E-state index contributed by atoms with van der Waals surface area (Å²) >= 11 is 5.89. The first-order valence-electron chi connectivity index (χ1n) is 8.45. The molecule has 0 spiro atoms. The summed E-state index contributed by atoms with van der Waals surface area (Å²) in [5, 5.41) is 3.61. The van der Waals surface area contributed by atoms with Crippen LogP contribution in [-0.4, -0.2) is 49.0 Å². The van der Waals surface area contributed by atoms with Gasteiger partial charge in [-0.3, -0.25) is 0 Å². The minimum absolute atomic E-state index is 0.0499. The van der Waals surface area contributed by atoms with Crippen molar-refractivity contribution in [3.63, 3.8) is 0 Å². The van der Waals surface area contributed by atoms with Crippen molar-refractivity contribution in [3.05, 3.63) is 34.6 Å². The fraction of sp³-hybridized carbons (Fsp3) is 0.500. The minimum atomic E-state index is -4.67. The van der Waals surface area contributed by atoms with Gasteiger partial charge in [0.1, 0.15) is 4.90 Å². The number of alkyl halides is 3. The van der Waals surface area contributed by atoms with Gasteiger partial charge in [-0.15, -0.1) is 0 Å². The summed E-state index contributed by atoms with van der Waals surface area (Å²) in [4.78, 5) is 5.44. The van der Waals surface area contributed by atoms with Crippen molar-refractivity contribution in [1.82, 2.24) is 14.4 Å². The summed E-state index contributed by atoms with van der Waals surface area (Å²) in [5.74, 6) is 0.628. The van der Waals surface area contributed by atoms with Crippen LogP contribution in [-0.2, 0) is 16.2 Å². The molecule has 1 aliphatic rings. The molecule has 1 aromatic carbocycles. The fourth-order valence-electron chi connectivity index (χ4n) is 2.73. The van der Waals surface area contributed by atoms with Gasteiger partial charge in [0.25, 0.3) is 0 Å². The Hall–Kier alpha value is -1.85. The van der Waals surface area contributed by atoms with E-state index in [4.69, 9.17) is 16.1 Å². The molecule has 0 radical (unpaired) electrons. The van der Waals surface area contributed by atoms with Crippen molar-refractivity contribution >= 4 is 27.6 Å². The van der Waals surface area contributed by atoms with Crippen LogP contribution in [0.4, 0.5) is 19.2 Å². The molecule has 12 heteroatoms. The van der Waals surface area contributed by atoms with Gasteiger partial charge in [0.15, 0.2) is 5.82 Å². The third-order valence-corrected chi connectivity index (χ3v) is 6.71. The van der Waals surface area contributed by atoms with Gasteiger partial charge in [-0.2, -0.15) is 22.5 Å². The zero-order chi connectivity index (χ0) is 20.7. The molecule has 28 heavy (non-hydrogen) atoms. The molecule has 7 nitrogen and oxygen atoms in total. The Morgan fingerprint density at radius 3 is 2.36 bits per heavy atom. The first-order chi connectivity index (χ1) is 13.0. The Balaban J connectivity index is 1.78. The van der Waals surface area contributed by atoms with Gasteiger partial charge in [-0.25, -0.2) is 8.42 Å². The highest BCUT2D eigenvalue weighted by atomic mass is 35.5. The number of nitrogens with zero attached hydrogens (tertiary/aromatic N) is 4. The third-order valence-electron chi connectivity index (χ3n) is 4.33. The lowest BCUT2D eigenvalue weighted by Gasteiger charge is -2.33. The highest BCUT2D eigenvalue weighted by Gasteiger charge is 2.36. The van der Waals surface area contributed by atoms with Gasteiger partial charge in [0, 0.05) is 32.1 Å². The van der Waals surface area contributed by atoms with E-state index in [-0.39, 0.29) is 43.1 Å². The largest absolute Gasteiger partial charge is 0.416 e. The van der Waals surface area contributed by atoms with E-state index in [1.165, 1.54) is 0 Å². The molecular formula is C16H18ClF3N4O3S. The summed E-state index contributed by atoms with van der Waals surface area (Å²) in [6, 6.07) is 2.55. The molecule has 0 atom stereocenters. The Labute approximate surface area is 165 Å². The van der Waals surface area contributed by atoms with E-state index in [2.05, 4.69) is 10.1 Å². The quantitative estimate of drug-likeness (QED) is 0.728. The molecule has 1 saturated heterocycles. The lowest BCUT2D eigenvalue weighted by atomic mass is 10.2. The number of piperazine rings is 1. The maximum atomic E-state index is 12.9. The van der Waals surface area contributed by atoms with Crippen LogP contribution in [0, 0.1) is 0 Å². The molecule has 1 aliphatic heterocycles. The molecular weight excluding hydrogens is 421 g/mol. The highest BCUT2D eigenvalue weighted by Crippen LogP contribution is 2.34. The zero-order valence-electron chi connectivity index (χ0n) is 15.1. The molecule has 0 N–H and O–H groups in total. The number of anilines is 1. The van der Waals surface area contributed by atoms with E-state index in [0.717, 1.165) is 16.4 Å². The SMILES string of the molecule is CC(C)c1noc(N2CCN(S(=O)(=O)c3cc(C(F)(F)F)ccc3Cl)CC2)n1. The molecule has 0 amide bonds. The standard InChI is InChI=1S/C16H18ClF3N4O3S/c1-10(2)14-21-15(27-22-14)23-5-7-24(8-6-23)28(25,26)13-9-11(16(18,19)20)3-4-12(13)17/h3-4,9-10H,5-8H2,1-2H3. The van der Waals surface area contributed by atoms with Crippen LogP contribution >= 0.6 is 11.6 Å². The lowest BCUT2D eigenvalue weighted by molar-refractivity contribution is -0.137. The van der Waals surface area contributed by atoms with Gasteiger partial charge in [0.2, 0.25) is 10.0 Å². The second kappa shape index (κ2) is 7.53. The van der Waals surface area contributed by atoms with Crippen molar-refractivity contribution in [3.8, 4) is 0 Å². The van der Waals surface area contributed by atoms with Crippen LogP contribution in [0.15, 0.2) is 27.6 Å². The Kier molecular flexibility index (Phi) is 5.61. The van der Waals surface area contributed by atoms with Gasteiger partial charge >= 0.3 is 12.2 Å². The monoisotopic (exact) mass is 438 g/mol. The van der Waals surface area contributed by atoms with Crippen LogP contribution in [0.1, 0.15) is 31.2 Å². The van der Waals surface area contributed by atoms with Crippen molar-refractivity contribution in [2.24, 2.45) is 0 Å². The minimum Gasteiger partial charge on any atom is -0.322 e. The summed E-state index contributed by atoms with van der Waals surface area (Å²) in [5.41, 5.74) is -1.07. The molecule has 2 heterocycles. The fourth-order valence-corrected chi connectivity index (χ4v) is 4.65. The number of aromatic nitrogens is 2. The van der Waals surface area contributed by atoms with Crippen LogP contribution < -0.4 is 4.90 Å². The van der Waals surface area contributed by atoms with Crippen molar-refractivity contribution in [1.29, 1.82) is 0 Å². The summed E-state index contributed by atoms with van der Waals surface area (Å²) in [6.45, 7) is 4.45. The number of sulfonamides is 1. The first-order valence-corrected chi connectivity index (χ1v) is 10.3. The number of rotatable bonds is 4. The molecule has 154 valence electrons. The normalized spacial score (nSPS) is 16.8. The Morgan fingerprint density at radius 2 is 1.82 bits per heavy atom. The second-order valence-corrected chi connectivity index (χ2v) is 8.94. The lowest BCUT2D eigenvalue weighted by Crippen LogP contribution is -2.48. The van der Waals surface area contributed by atoms with Crippen LogP contribution in [0.2, 0.25) is 5.02 Å². The summed E-state index contributed by atoms with van der Waals surface area (Å²) in [7, 11) is -4.18.